The van der Waals surface area contributed by atoms with Gasteiger partial charge in [-0.15, -0.1) is 6.42 Å². The molecule has 6 nitrogen and oxygen atoms in total. The van der Waals surface area contributed by atoms with Crippen molar-refractivity contribution in [3.8, 4) is 12.3 Å². The first-order valence-corrected chi connectivity index (χ1v) is 5.25. The maximum absolute atomic E-state index is 11.5. The van der Waals surface area contributed by atoms with E-state index in [1.54, 1.807) is 14.2 Å². The maximum Gasteiger partial charge on any atom is 0.239 e. The summed E-state index contributed by atoms with van der Waals surface area (Å²) in [4.78, 5) is 24.2. The standard InChI is InChI=1S/C11H19N3O3/c1-4-5-12-8-11(16)14(2)9-10(15)13-6-7-17-3/h1,12H,5-9H2,2-3H3,(H,13,15). The molecule has 0 aromatic carbocycles. The summed E-state index contributed by atoms with van der Waals surface area (Å²) in [5, 5.41) is 5.39. The molecule has 0 unspecified atom stereocenters. The average Bonchev–Trinajstić information content (AvgIpc) is 2.29. The second kappa shape index (κ2) is 9.63. The van der Waals surface area contributed by atoms with Gasteiger partial charge in [0.2, 0.25) is 11.8 Å². The highest BCUT2D eigenvalue weighted by molar-refractivity contribution is 5.85. The van der Waals surface area contributed by atoms with Crippen molar-refractivity contribution in [2.45, 2.75) is 0 Å². The third kappa shape index (κ3) is 8.25. The third-order valence-corrected chi connectivity index (χ3v) is 1.94. The molecule has 6 heteroatoms. The maximum atomic E-state index is 11.5. The van der Waals surface area contributed by atoms with Crippen LogP contribution in [0.15, 0.2) is 0 Å². The first-order valence-electron chi connectivity index (χ1n) is 5.25. The molecule has 17 heavy (non-hydrogen) atoms. The Morgan fingerprint density at radius 1 is 1.47 bits per heavy atom. The number of nitrogens with zero attached hydrogens (tertiary/aromatic N) is 1. The van der Waals surface area contributed by atoms with Crippen LogP contribution in [0.4, 0.5) is 0 Å². The molecule has 0 radical (unpaired) electrons. The topological polar surface area (TPSA) is 70.7 Å². The first-order chi connectivity index (χ1) is 8.11. The van der Waals surface area contributed by atoms with E-state index < -0.39 is 0 Å². The van der Waals surface area contributed by atoms with Crippen LogP contribution in [0.5, 0.6) is 0 Å². The predicted octanol–water partition coefficient (Wildman–Crippen LogP) is -1.57. The number of methoxy groups -OCH3 is 1. The van der Waals surface area contributed by atoms with E-state index in [1.165, 1.54) is 4.90 Å². The van der Waals surface area contributed by atoms with E-state index in [-0.39, 0.29) is 24.9 Å². The first kappa shape index (κ1) is 15.4. The lowest BCUT2D eigenvalue weighted by molar-refractivity contribution is -0.134. The Labute approximate surface area is 102 Å². The third-order valence-electron chi connectivity index (χ3n) is 1.94. The van der Waals surface area contributed by atoms with Crippen LogP contribution >= 0.6 is 0 Å². The summed E-state index contributed by atoms with van der Waals surface area (Å²) in [7, 11) is 3.12. The summed E-state index contributed by atoms with van der Waals surface area (Å²) in [5.74, 6) is 1.97. The number of carbonyl (C=O) groups is 2. The highest BCUT2D eigenvalue weighted by Gasteiger charge is 2.11. The zero-order valence-electron chi connectivity index (χ0n) is 10.3. The summed E-state index contributed by atoms with van der Waals surface area (Å²) < 4.78 is 4.79. The Balaban J connectivity index is 3.75. The molecule has 0 aliphatic rings. The van der Waals surface area contributed by atoms with Gasteiger partial charge in [0.1, 0.15) is 0 Å². The van der Waals surface area contributed by atoms with E-state index in [4.69, 9.17) is 11.2 Å². The monoisotopic (exact) mass is 241 g/mol. The van der Waals surface area contributed by atoms with Gasteiger partial charge in [-0.3, -0.25) is 14.9 Å². The zero-order valence-corrected chi connectivity index (χ0v) is 10.3. The molecule has 0 aromatic heterocycles. The molecule has 0 saturated heterocycles. The minimum atomic E-state index is -0.213. The van der Waals surface area contributed by atoms with Crippen molar-refractivity contribution in [2.75, 3.05) is 46.9 Å². The Kier molecular flexibility index (Phi) is 8.74. The number of rotatable bonds is 8. The number of amides is 2. The van der Waals surface area contributed by atoms with Crippen LogP contribution in [0.25, 0.3) is 0 Å². The van der Waals surface area contributed by atoms with E-state index in [2.05, 4.69) is 16.6 Å². The largest absolute Gasteiger partial charge is 0.383 e. The molecule has 96 valence electrons. The molecule has 0 heterocycles. The van der Waals surface area contributed by atoms with Crippen molar-refractivity contribution in [3.63, 3.8) is 0 Å². The van der Waals surface area contributed by atoms with Crippen LogP contribution < -0.4 is 10.6 Å². The average molecular weight is 241 g/mol. The summed E-state index contributed by atoms with van der Waals surface area (Å²) in [6.45, 7) is 1.38. The van der Waals surface area contributed by atoms with Gasteiger partial charge in [-0.2, -0.15) is 0 Å². The van der Waals surface area contributed by atoms with E-state index in [0.29, 0.717) is 19.7 Å². The normalized spacial score (nSPS) is 9.47. The summed E-state index contributed by atoms with van der Waals surface area (Å²) in [6.07, 6.45) is 5.03. The van der Waals surface area contributed by atoms with Gasteiger partial charge in [0, 0.05) is 20.7 Å². The molecule has 2 amide bonds. The molecule has 2 N–H and O–H groups in total. The van der Waals surface area contributed by atoms with Crippen LogP contribution in [0.2, 0.25) is 0 Å². The van der Waals surface area contributed by atoms with Crippen molar-refractivity contribution in [2.24, 2.45) is 0 Å². The highest BCUT2D eigenvalue weighted by Crippen LogP contribution is 1.83. The Bertz CT molecular complexity index is 286. The van der Waals surface area contributed by atoms with Gasteiger partial charge >= 0.3 is 0 Å². The lowest BCUT2D eigenvalue weighted by Crippen LogP contribution is -2.42. The van der Waals surface area contributed by atoms with Crippen molar-refractivity contribution in [1.29, 1.82) is 0 Å². The fourth-order valence-corrected chi connectivity index (χ4v) is 1.03. The van der Waals surface area contributed by atoms with Gasteiger partial charge in [0.25, 0.3) is 0 Å². The number of likely N-dealkylation sites (N-methyl/N-ethyl adjacent to an activating group) is 1. The number of carbonyl (C=O) groups excluding carboxylic acids is 2. The van der Waals surface area contributed by atoms with E-state index in [1.807, 2.05) is 0 Å². The summed E-state index contributed by atoms with van der Waals surface area (Å²) in [6, 6.07) is 0. The second-order valence-corrected chi connectivity index (χ2v) is 3.40. The van der Waals surface area contributed by atoms with Gasteiger partial charge in [-0.05, 0) is 0 Å². The minimum Gasteiger partial charge on any atom is -0.383 e. The van der Waals surface area contributed by atoms with Crippen LogP contribution in [0.1, 0.15) is 0 Å². The van der Waals surface area contributed by atoms with Gasteiger partial charge in [-0.1, -0.05) is 5.92 Å². The van der Waals surface area contributed by atoms with Crippen molar-refractivity contribution in [1.82, 2.24) is 15.5 Å². The number of hydrogen-bond acceptors (Lipinski definition) is 4. The van der Waals surface area contributed by atoms with Crippen molar-refractivity contribution in [3.05, 3.63) is 0 Å². The molecule has 0 atom stereocenters. The molecule has 0 aliphatic heterocycles. The van der Waals surface area contributed by atoms with Crippen molar-refractivity contribution < 1.29 is 14.3 Å². The Hall–Kier alpha value is -1.58. The zero-order chi connectivity index (χ0) is 13.1. The highest BCUT2D eigenvalue weighted by atomic mass is 16.5. The van der Waals surface area contributed by atoms with Crippen molar-refractivity contribution >= 4 is 11.8 Å². The van der Waals surface area contributed by atoms with Gasteiger partial charge in [0.05, 0.1) is 26.2 Å². The molecule has 0 spiro atoms. The van der Waals surface area contributed by atoms with Gasteiger partial charge in [0.15, 0.2) is 0 Å². The van der Waals surface area contributed by atoms with Crippen LogP contribution in [0, 0.1) is 12.3 Å². The predicted molar refractivity (Wildman–Crippen MR) is 64.2 cm³/mol. The van der Waals surface area contributed by atoms with Gasteiger partial charge in [-0.25, -0.2) is 0 Å². The lowest BCUT2D eigenvalue weighted by Gasteiger charge is -2.16. The number of nitrogens with one attached hydrogen (secondary N) is 2. The molecule has 0 aliphatic carbocycles. The van der Waals surface area contributed by atoms with Crippen LogP contribution in [0.3, 0.4) is 0 Å². The van der Waals surface area contributed by atoms with E-state index in [0.717, 1.165) is 0 Å². The number of ether oxygens (including phenoxy) is 1. The molecule has 0 fully saturated rings. The molecular formula is C11H19N3O3. The smallest absolute Gasteiger partial charge is 0.239 e. The Morgan fingerprint density at radius 2 is 2.18 bits per heavy atom. The summed E-state index contributed by atoms with van der Waals surface area (Å²) >= 11 is 0. The summed E-state index contributed by atoms with van der Waals surface area (Å²) in [5.41, 5.74) is 0. The quantitative estimate of drug-likeness (QED) is 0.398. The Morgan fingerprint density at radius 3 is 2.76 bits per heavy atom. The molecule has 0 saturated carbocycles. The number of terminal acetylenes is 1. The molecule has 0 bridgehead atoms. The molecule has 0 rings (SSSR count). The number of hydrogen-bond donors (Lipinski definition) is 2. The fourth-order valence-electron chi connectivity index (χ4n) is 1.03. The van der Waals surface area contributed by atoms with Crippen LogP contribution in [-0.2, 0) is 14.3 Å². The lowest BCUT2D eigenvalue weighted by atomic mass is 10.4. The van der Waals surface area contributed by atoms with Gasteiger partial charge < -0.3 is 15.0 Å². The van der Waals surface area contributed by atoms with E-state index >= 15 is 0 Å². The van der Waals surface area contributed by atoms with Crippen LogP contribution in [-0.4, -0.2) is 63.7 Å². The molecule has 0 aromatic rings. The van der Waals surface area contributed by atoms with E-state index in [9.17, 15) is 9.59 Å². The molecular weight excluding hydrogens is 222 g/mol. The minimum absolute atomic E-state index is 0.0281. The SMILES string of the molecule is C#CCNCC(=O)N(C)CC(=O)NCCOC. The second-order valence-electron chi connectivity index (χ2n) is 3.40. The fraction of sp³-hybridized carbons (Fsp3) is 0.636.